The van der Waals surface area contributed by atoms with Gasteiger partial charge in [-0.1, -0.05) is 18.2 Å². The van der Waals surface area contributed by atoms with E-state index in [1.807, 2.05) is 18.5 Å². The maximum absolute atomic E-state index is 4.56. The lowest BCUT2D eigenvalue weighted by atomic mass is 9.90. The van der Waals surface area contributed by atoms with Crippen LogP contribution in [0.1, 0.15) is 19.8 Å². The van der Waals surface area contributed by atoms with Crippen LogP contribution in [0.5, 0.6) is 0 Å². The largest absolute Gasteiger partial charge is 0.342 e. The van der Waals surface area contributed by atoms with E-state index in [9.17, 15) is 0 Å². The normalized spacial score (nSPS) is 18.2. The second kappa shape index (κ2) is 5.29. The monoisotopic (exact) mass is 270 g/mol. The van der Waals surface area contributed by atoms with Gasteiger partial charge < -0.3 is 10.2 Å². The molecule has 0 saturated carbocycles. The summed E-state index contributed by atoms with van der Waals surface area (Å²) in [6.07, 6.45) is 6.21. The van der Waals surface area contributed by atoms with Crippen LogP contribution in [0.4, 0.5) is 5.95 Å². The van der Waals surface area contributed by atoms with Gasteiger partial charge in [0.2, 0.25) is 5.95 Å². The summed E-state index contributed by atoms with van der Waals surface area (Å²) in [5.74, 6) is 1.05. The number of imidazole rings is 1. The number of piperidine rings is 1. The summed E-state index contributed by atoms with van der Waals surface area (Å²) in [4.78, 5) is 6.94. The number of hydrogen-bond donors (Lipinski definition) is 1. The second-order valence-electron chi connectivity index (χ2n) is 5.73. The number of anilines is 1. The van der Waals surface area contributed by atoms with Crippen LogP contribution in [0.15, 0.2) is 42.7 Å². The van der Waals surface area contributed by atoms with Crippen molar-refractivity contribution in [3.05, 3.63) is 42.7 Å². The lowest BCUT2D eigenvalue weighted by Crippen LogP contribution is -2.50. The zero-order valence-corrected chi connectivity index (χ0v) is 12.2. The van der Waals surface area contributed by atoms with Gasteiger partial charge in [0, 0.05) is 36.7 Å². The van der Waals surface area contributed by atoms with Crippen molar-refractivity contribution in [1.82, 2.24) is 14.9 Å². The molecule has 1 aromatic heterocycles. The zero-order valence-electron chi connectivity index (χ0n) is 12.2. The van der Waals surface area contributed by atoms with Gasteiger partial charge in [-0.25, -0.2) is 4.98 Å². The third kappa shape index (κ3) is 2.43. The van der Waals surface area contributed by atoms with Crippen molar-refractivity contribution >= 4 is 5.95 Å². The highest BCUT2D eigenvalue weighted by atomic mass is 15.3. The molecule has 0 unspecified atom stereocenters. The average molecular weight is 270 g/mol. The number of aromatic nitrogens is 2. The van der Waals surface area contributed by atoms with Crippen LogP contribution < -0.4 is 10.2 Å². The third-order valence-corrected chi connectivity index (χ3v) is 4.41. The van der Waals surface area contributed by atoms with Crippen molar-refractivity contribution in [2.24, 2.45) is 0 Å². The van der Waals surface area contributed by atoms with Gasteiger partial charge in [0.1, 0.15) is 0 Å². The standard InChI is InChI=1S/C16H22N4/c1-16(17-2)8-11-19(12-9-16)15-18-10-13-20(15)14-6-4-3-5-7-14/h3-7,10,13,17H,8-9,11-12H2,1-2H3. The first-order valence-electron chi connectivity index (χ1n) is 7.24. The number of nitrogens with one attached hydrogen (secondary N) is 1. The highest BCUT2D eigenvalue weighted by molar-refractivity contribution is 5.44. The molecular formula is C16H22N4. The Kier molecular flexibility index (Phi) is 3.49. The Morgan fingerprint density at radius 2 is 1.85 bits per heavy atom. The van der Waals surface area contributed by atoms with Crippen LogP contribution in [0.2, 0.25) is 0 Å². The molecule has 0 bridgehead atoms. The van der Waals surface area contributed by atoms with Gasteiger partial charge >= 0.3 is 0 Å². The predicted molar refractivity (Wildman–Crippen MR) is 82.5 cm³/mol. The first-order chi connectivity index (χ1) is 9.72. The van der Waals surface area contributed by atoms with Gasteiger partial charge in [-0.3, -0.25) is 4.57 Å². The molecule has 1 fully saturated rings. The molecule has 0 spiro atoms. The molecule has 1 N–H and O–H groups in total. The number of para-hydroxylation sites is 1. The molecule has 0 atom stereocenters. The van der Waals surface area contributed by atoms with Gasteiger partial charge in [0.25, 0.3) is 0 Å². The molecule has 1 aliphatic rings. The molecule has 0 amide bonds. The van der Waals surface area contributed by atoms with Crippen molar-refractivity contribution in [2.45, 2.75) is 25.3 Å². The van der Waals surface area contributed by atoms with E-state index in [0.717, 1.165) is 31.9 Å². The number of benzene rings is 1. The fourth-order valence-electron chi connectivity index (χ4n) is 2.77. The van der Waals surface area contributed by atoms with Gasteiger partial charge in [0.15, 0.2) is 0 Å². The van der Waals surface area contributed by atoms with Gasteiger partial charge in [-0.05, 0) is 38.9 Å². The summed E-state index contributed by atoms with van der Waals surface area (Å²) < 4.78 is 2.17. The first-order valence-corrected chi connectivity index (χ1v) is 7.24. The molecule has 2 aromatic rings. The summed E-state index contributed by atoms with van der Waals surface area (Å²) in [5.41, 5.74) is 1.43. The van der Waals surface area contributed by atoms with Crippen molar-refractivity contribution in [2.75, 3.05) is 25.0 Å². The zero-order chi connectivity index (χ0) is 14.0. The molecule has 0 aliphatic carbocycles. The van der Waals surface area contributed by atoms with Crippen LogP contribution in [0, 0.1) is 0 Å². The Balaban J connectivity index is 1.82. The molecule has 1 saturated heterocycles. The lowest BCUT2D eigenvalue weighted by molar-refractivity contribution is 0.303. The number of nitrogens with zero attached hydrogens (tertiary/aromatic N) is 3. The van der Waals surface area contributed by atoms with Crippen molar-refractivity contribution in [3.8, 4) is 5.69 Å². The molecule has 4 nitrogen and oxygen atoms in total. The fraction of sp³-hybridized carbons (Fsp3) is 0.438. The van der Waals surface area contributed by atoms with Gasteiger partial charge in [0.05, 0.1) is 0 Å². The smallest absolute Gasteiger partial charge is 0.210 e. The summed E-state index contributed by atoms with van der Waals surface area (Å²) in [6, 6.07) is 10.4. The first kappa shape index (κ1) is 13.2. The fourth-order valence-corrected chi connectivity index (χ4v) is 2.77. The minimum atomic E-state index is 0.265. The molecule has 1 aromatic carbocycles. The lowest BCUT2D eigenvalue weighted by Gasteiger charge is -2.39. The maximum atomic E-state index is 4.56. The quantitative estimate of drug-likeness (QED) is 0.930. The Morgan fingerprint density at radius 1 is 1.15 bits per heavy atom. The van der Waals surface area contributed by atoms with E-state index in [2.05, 4.69) is 58.0 Å². The molecule has 20 heavy (non-hydrogen) atoms. The van der Waals surface area contributed by atoms with E-state index in [1.54, 1.807) is 0 Å². The minimum Gasteiger partial charge on any atom is -0.342 e. The number of rotatable bonds is 3. The van der Waals surface area contributed by atoms with Crippen LogP contribution >= 0.6 is 0 Å². The van der Waals surface area contributed by atoms with Crippen LogP contribution in [-0.2, 0) is 0 Å². The summed E-state index contributed by atoms with van der Waals surface area (Å²) in [6.45, 7) is 4.39. The van der Waals surface area contributed by atoms with E-state index in [0.29, 0.717) is 0 Å². The third-order valence-electron chi connectivity index (χ3n) is 4.41. The van der Waals surface area contributed by atoms with Crippen molar-refractivity contribution < 1.29 is 0 Å². The van der Waals surface area contributed by atoms with Crippen molar-refractivity contribution in [3.63, 3.8) is 0 Å². The van der Waals surface area contributed by atoms with E-state index < -0.39 is 0 Å². The molecule has 2 heterocycles. The van der Waals surface area contributed by atoms with Crippen LogP contribution in [-0.4, -0.2) is 35.2 Å². The van der Waals surface area contributed by atoms with E-state index in [1.165, 1.54) is 5.69 Å². The highest BCUT2D eigenvalue weighted by Crippen LogP contribution is 2.26. The second-order valence-corrected chi connectivity index (χ2v) is 5.73. The summed E-state index contributed by atoms with van der Waals surface area (Å²) in [7, 11) is 2.06. The summed E-state index contributed by atoms with van der Waals surface area (Å²) >= 11 is 0. The number of hydrogen-bond acceptors (Lipinski definition) is 3. The van der Waals surface area contributed by atoms with Crippen molar-refractivity contribution in [1.29, 1.82) is 0 Å². The van der Waals surface area contributed by atoms with E-state index in [-0.39, 0.29) is 5.54 Å². The van der Waals surface area contributed by atoms with Crippen LogP contribution in [0.3, 0.4) is 0 Å². The van der Waals surface area contributed by atoms with E-state index in [4.69, 9.17) is 0 Å². The Hall–Kier alpha value is -1.81. The molecule has 1 aliphatic heterocycles. The topological polar surface area (TPSA) is 33.1 Å². The minimum absolute atomic E-state index is 0.265. The molecule has 0 radical (unpaired) electrons. The Morgan fingerprint density at radius 3 is 2.50 bits per heavy atom. The van der Waals surface area contributed by atoms with Gasteiger partial charge in [-0.2, -0.15) is 0 Å². The molecule has 106 valence electrons. The molecular weight excluding hydrogens is 248 g/mol. The highest BCUT2D eigenvalue weighted by Gasteiger charge is 2.29. The average Bonchev–Trinajstić information content (AvgIpc) is 2.98. The summed E-state index contributed by atoms with van der Waals surface area (Å²) in [5, 5.41) is 3.44. The maximum Gasteiger partial charge on any atom is 0.210 e. The molecule has 4 heteroatoms. The van der Waals surface area contributed by atoms with Crippen LogP contribution in [0.25, 0.3) is 5.69 Å². The predicted octanol–water partition coefficient (Wildman–Crippen LogP) is 2.45. The Bertz CT molecular complexity index is 553. The van der Waals surface area contributed by atoms with Gasteiger partial charge in [-0.15, -0.1) is 0 Å². The molecule has 3 rings (SSSR count). The SMILES string of the molecule is CNC1(C)CCN(c2nccn2-c2ccccc2)CC1. The van der Waals surface area contributed by atoms with E-state index >= 15 is 0 Å². The Labute approximate surface area is 120 Å².